The standard InChI is InChI=1S/C13H18N2O2/c1-10-5-4-6-11(14-10)15-12(16)9-13(17)7-2-3-8-13/h4-6,17H,2-3,7-9H2,1H3,(H,14,15,16). The van der Waals surface area contributed by atoms with Crippen molar-refractivity contribution in [1.29, 1.82) is 0 Å². The van der Waals surface area contributed by atoms with Crippen molar-refractivity contribution < 1.29 is 9.90 Å². The molecule has 1 aliphatic carbocycles. The number of nitrogens with zero attached hydrogens (tertiary/aromatic N) is 1. The quantitative estimate of drug-likeness (QED) is 0.841. The second-order valence-corrected chi connectivity index (χ2v) is 4.82. The molecule has 0 spiro atoms. The van der Waals surface area contributed by atoms with E-state index in [0.29, 0.717) is 5.82 Å². The summed E-state index contributed by atoms with van der Waals surface area (Å²) >= 11 is 0. The van der Waals surface area contributed by atoms with E-state index >= 15 is 0 Å². The smallest absolute Gasteiger partial charge is 0.228 e. The van der Waals surface area contributed by atoms with E-state index in [0.717, 1.165) is 31.4 Å². The van der Waals surface area contributed by atoms with Crippen molar-refractivity contribution in [3.63, 3.8) is 0 Å². The number of amides is 1. The Kier molecular flexibility index (Phi) is 3.43. The van der Waals surface area contributed by atoms with Gasteiger partial charge in [-0.1, -0.05) is 18.9 Å². The third-order valence-electron chi connectivity index (χ3n) is 3.18. The van der Waals surface area contributed by atoms with Crippen molar-refractivity contribution in [3.05, 3.63) is 23.9 Å². The van der Waals surface area contributed by atoms with E-state index < -0.39 is 5.60 Å². The zero-order valence-electron chi connectivity index (χ0n) is 10.1. The number of aryl methyl sites for hydroxylation is 1. The van der Waals surface area contributed by atoms with Gasteiger partial charge in [-0.15, -0.1) is 0 Å². The fourth-order valence-electron chi connectivity index (χ4n) is 2.31. The first kappa shape index (κ1) is 12.0. The topological polar surface area (TPSA) is 62.2 Å². The maximum Gasteiger partial charge on any atom is 0.228 e. The normalized spacial score (nSPS) is 18.0. The molecule has 1 aromatic rings. The second kappa shape index (κ2) is 4.84. The number of anilines is 1. The van der Waals surface area contributed by atoms with Gasteiger partial charge in [0.1, 0.15) is 5.82 Å². The van der Waals surface area contributed by atoms with Gasteiger partial charge in [-0.05, 0) is 31.9 Å². The number of hydrogen-bond donors (Lipinski definition) is 2. The lowest BCUT2D eigenvalue weighted by Crippen LogP contribution is -2.30. The van der Waals surface area contributed by atoms with Gasteiger partial charge < -0.3 is 10.4 Å². The van der Waals surface area contributed by atoms with Gasteiger partial charge in [-0.2, -0.15) is 0 Å². The first-order valence-corrected chi connectivity index (χ1v) is 6.03. The van der Waals surface area contributed by atoms with E-state index in [-0.39, 0.29) is 12.3 Å². The molecule has 1 amide bonds. The average Bonchev–Trinajstić information content (AvgIpc) is 2.64. The molecular formula is C13H18N2O2. The van der Waals surface area contributed by atoms with Gasteiger partial charge in [0.15, 0.2) is 0 Å². The summed E-state index contributed by atoms with van der Waals surface area (Å²) in [6.45, 7) is 1.88. The van der Waals surface area contributed by atoms with Crippen LogP contribution in [0.15, 0.2) is 18.2 Å². The number of carbonyl (C=O) groups excluding carboxylic acids is 1. The zero-order chi connectivity index (χ0) is 12.3. The van der Waals surface area contributed by atoms with Crippen LogP contribution in [0.2, 0.25) is 0 Å². The van der Waals surface area contributed by atoms with Crippen molar-refractivity contribution >= 4 is 11.7 Å². The van der Waals surface area contributed by atoms with Crippen molar-refractivity contribution in [2.75, 3.05) is 5.32 Å². The number of aliphatic hydroxyl groups is 1. The highest BCUT2D eigenvalue weighted by molar-refractivity contribution is 5.90. The Hall–Kier alpha value is -1.42. The number of hydrogen-bond acceptors (Lipinski definition) is 3. The molecule has 0 aromatic carbocycles. The highest BCUT2D eigenvalue weighted by atomic mass is 16.3. The van der Waals surface area contributed by atoms with Crippen LogP contribution in [-0.4, -0.2) is 21.6 Å². The van der Waals surface area contributed by atoms with Crippen LogP contribution in [0.1, 0.15) is 37.8 Å². The number of aromatic nitrogens is 1. The maximum absolute atomic E-state index is 11.8. The van der Waals surface area contributed by atoms with E-state index in [4.69, 9.17) is 0 Å². The molecule has 0 radical (unpaired) electrons. The zero-order valence-corrected chi connectivity index (χ0v) is 10.1. The van der Waals surface area contributed by atoms with Crippen molar-refractivity contribution in [2.24, 2.45) is 0 Å². The Morgan fingerprint density at radius 2 is 2.18 bits per heavy atom. The minimum absolute atomic E-state index is 0.160. The molecule has 0 aliphatic heterocycles. The molecule has 4 nitrogen and oxygen atoms in total. The maximum atomic E-state index is 11.8. The fraction of sp³-hybridized carbons (Fsp3) is 0.538. The predicted molar refractivity (Wildman–Crippen MR) is 65.6 cm³/mol. The van der Waals surface area contributed by atoms with Crippen LogP contribution < -0.4 is 5.32 Å². The van der Waals surface area contributed by atoms with Crippen LogP contribution in [0.3, 0.4) is 0 Å². The summed E-state index contributed by atoms with van der Waals surface area (Å²) in [6.07, 6.45) is 3.63. The van der Waals surface area contributed by atoms with Crippen LogP contribution in [-0.2, 0) is 4.79 Å². The first-order chi connectivity index (χ1) is 8.07. The molecule has 1 fully saturated rings. The first-order valence-electron chi connectivity index (χ1n) is 6.03. The summed E-state index contributed by atoms with van der Waals surface area (Å²) in [5, 5.41) is 12.8. The summed E-state index contributed by atoms with van der Waals surface area (Å²) in [4.78, 5) is 16.0. The van der Waals surface area contributed by atoms with Gasteiger partial charge in [0.25, 0.3) is 0 Å². The Morgan fingerprint density at radius 3 is 2.82 bits per heavy atom. The lowest BCUT2D eigenvalue weighted by Gasteiger charge is -2.20. The Labute approximate surface area is 101 Å². The van der Waals surface area contributed by atoms with E-state index in [1.165, 1.54) is 0 Å². The molecule has 0 bridgehead atoms. The van der Waals surface area contributed by atoms with Crippen molar-refractivity contribution in [3.8, 4) is 0 Å². The summed E-state index contributed by atoms with van der Waals surface area (Å²) in [6, 6.07) is 5.48. The molecule has 17 heavy (non-hydrogen) atoms. The van der Waals surface area contributed by atoms with Crippen LogP contribution in [0.5, 0.6) is 0 Å². The molecule has 2 N–H and O–H groups in total. The van der Waals surface area contributed by atoms with Gasteiger partial charge in [-0.25, -0.2) is 4.98 Å². The Morgan fingerprint density at radius 1 is 1.47 bits per heavy atom. The van der Waals surface area contributed by atoms with E-state index in [2.05, 4.69) is 10.3 Å². The molecule has 4 heteroatoms. The Balaban J connectivity index is 1.93. The number of nitrogens with one attached hydrogen (secondary N) is 1. The summed E-state index contributed by atoms with van der Waals surface area (Å²) < 4.78 is 0. The average molecular weight is 234 g/mol. The van der Waals surface area contributed by atoms with Gasteiger partial charge in [0.2, 0.25) is 5.91 Å². The largest absolute Gasteiger partial charge is 0.389 e. The van der Waals surface area contributed by atoms with Crippen molar-refractivity contribution in [1.82, 2.24) is 4.98 Å². The molecule has 0 atom stereocenters. The number of rotatable bonds is 3. The van der Waals surface area contributed by atoms with Gasteiger partial charge >= 0.3 is 0 Å². The van der Waals surface area contributed by atoms with E-state index in [9.17, 15) is 9.90 Å². The lowest BCUT2D eigenvalue weighted by molar-refractivity contribution is -0.120. The number of pyridine rings is 1. The third kappa shape index (κ3) is 3.27. The molecule has 92 valence electrons. The predicted octanol–water partition coefficient (Wildman–Crippen LogP) is 2.02. The second-order valence-electron chi connectivity index (χ2n) is 4.82. The van der Waals surface area contributed by atoms with Gasteiger partial charge in [0.05, 0.1) is 12.0 Å². The summed E-state index contributed by atoms with van der Waals surface area (Å²) in [5.74, 6) is 0.393. The van der Waals surface area contributed by atoms with Crippen LogP contribution in [0.25, 0.3) is 0 Å². The highest BCUT2D eigenvalue weighted by Gasteiger charge is 2.33. The van der Waals surface area contributed by atoms with E-state index in [1.54, 1.807) is 6.07 Å². The molecular weight excluding hydrogens is 216 g/mol. The van der Waals surface area contributed by atoms with Crippen LogP contribution in [0, 0.1) is 6.92 Å². The molecule has 2 rings (SSSR count). The van der Waals surface area contributed by atoms with Crippen LogP contribution >= 0.6 is 0 Å². The van der Waals surface area contributed by atoms with E-state index in [1.807, 2.05) is 19.1 Å². The molecule has 0 unspecified atom stereocenters. The van der Waals surface area contributed by atoms with Crippen LogP contribution in [0.4, 0.5) is 5.82 Å². The van der Waals surface area contributed by atoms with Gasteiger partial charge in [0, 0.05) is 5.69 Å². The summed E-state index contributed by atoms with van der Waals surface area (Å²) in [5.41, 5.74) is 0.0656. The Bertz CT molecular complexity index is 412. The molecule has 0 saturated heterocycles. The van der Waals surface area contributed by atoms with Gasteiger partial charge in [-0.3, -0.25) is 4.79 Å². The summed E-state index contributed by atoms with van der Waals surface area (Å²) in [7, 11) is 0. The highest BCUT2D eigenvalue weighted by Crippen LogP contribution is 2.32. The third-order valence-corrected chi connectivity index (χ3v) is 3.18. The molecule has 1 saturated carbocycles. The lowest BCUT2D eigenvalue weighted by atomic mass is 9.98. The molecule has 1 aliphatic rings. The SMILES string of the molecule is Cc1cccc(NC(=O)CC2(O)CCCC2)n1. The fourth-order valence-corrected chi connectivity index (χ4v) is 2.31. The van der Waals surface area contributed by atoms with Crippen molar-refractivity contribution in [2.45, 2.75) is 44.6 Å². The minimum atomic E-state index is -0.798. The molecule has 1 aromatic heterocycles. The number of carbonyl (C=O) groups is 1. The minimum Gasteiger partial charge on any atom is -0.389 e. The molecule has 1 heterocycles. The monoisotopic (exact) mass is 234 g/mol.